The van der Waals surface area contributed by atoms with Crippen LogP contribution in [0.2, 0.25) is 0 Å². The normalized spacial score (nSPS) is 14.2. The average molecular weight is 343 g/mol. The Balaban J connectivity index is 1.55. The van der Waals surface area contributed by atoms with E-state index in [2.05, 4.69) is 5.32 Å². The molecule has 2 N–H and O–H groups in total. The van der Waals surface area contributed by atoms with E-state index in [1.165, 1.54) is 23.3 Å². The van der Waals surface area contributed by atoms with Gasteiger partial charge in [-0.05, 0) is 24.3 Å². The summed E-state index contributed by atoms with van der Waals surface area (Å²) in [5.74, 6) is -1.63. The van der Waals surface area contributed by atoms with Crippen LogP contribution in [0.25, 0.3) is 0 Å². The van der Waals surface area contributed by atoms with Crippen molar-refractivity contribution in [1.29, 1.82) is 0 Å². The molecule has 0 bridgehead atoms. The van der Waals surface area contributed by atoms with Crippen molar-refractivity contribution in [2.45, 2.75) is 0 Å². The van der Waals surface area contributed by atoms with Crippen molar-refractivity contribution >= 4 is 23.4 Å². The van der Waals surface area contributed by atoms with Crippen LogP contribution in [-0.4, -0.2) is 58.8 Å². The minimum absolute atomic E-state index is 0.113. The van der Waals surface area contributed by atoms with Crippen molar-refractivity contribution in [1.82, 2.24) is 9.80 Å². The van der Waals surface area contributed by atoms with E-state index in [4.69, 9.17) is 4.42 Å². The SMILES string of the molecule is O=C(Nc1ccccc1O)C(=O)N1CCN(C(=O)c2ccco2)CC1. The van der Waals surface area contributed by atoms with Crippen LogP contribution in [0.5, 0.6) is 5.75 Å². The van der Waals surface area contributed by atoms with Crippen LogP contribution in [0.4, 0.5) is 5.69 Å². The van der Waals surface area contributed by atoms with Gasteiger partial charge in [-0.1, -0.05) is 12.1 Å². The minimum Gasteiger partial charge on any atom is -0.506 e. The van der Waals surface area contributed by atoms with E-state index in [1.807, 2.05) is 0 Å². The van der Waals surface area contributed by atoms with Crippen molar-refractivity contribution in [3.63, 3.8) is 0 Å². The number of amides is 3. The molecule has 2 heterocycles. The molecule has 1 aliphatic rings. The average Bonchev–Trinajstić information content (AvgIpc) is 3.17. The molecule has 130 valence electrons. The maximum absolute atomic E-state index is 12.2. The van der Waals surface area contributed by atoms with Gasteiger partial charge in [0, 0.05) is 26.2 Å². The van der Waals surface area contributed by atoms with E-state index >= 15 is 0 Å². The van der Waals surface area contributed by atoms with Crippen LogP contribution in [0.1, 0.15) is 10.6 Å². The summed E-state index contributed by atoms with van der Waals surface area (Å²) in [5.41, 5.74) is 0.174. The molecule has 0 aliphatic carbocycles. The number of hydrogen-bond acceptors (Lipinski definition) is 5. The first-order valence-electron chi connectivity index (χ1n) is 7.77. The van der Waals surface area contributed by atoms with Crippen LogP contribution < -0.4 is 5.32 Å². The Morgan fingerprint density at radius 3 is 2.28 bits per heavy atom. The first kappa shape index (κ1) is 16.6. The third-order valence-electron chi connectivity index (χ3n) is 3.93. The number of furan rings is 1. The number of piperazine rings is 1. The molecule has 1 aliphatic heterocycles. The summed E-state index contributed by atoms with van der Waals surface area (Å²) < 4.78 is 5.08. The lowest BCUT2D eigenvalue weighted by atomic mass is 10.2. The number of hydrogen-bond donors (Lipinski definition) is 2. The number of rotatable bonds is 2. The zero-order valence-corrected chi connectivity index (χ0v) is 13.3. The molecule has 25 heavy (non-hydrogen) atoms. The van der Waals surface area contributed by atoms with E-state index in [0.29, 0.717) is 13.1 Å². The molecule has 0 unspecified atom stereocenters. The number of phenols is 1. The lowest BCUT2D eigenvalue weighted by molar-refractivity contribution is -0.144. The summed E-state index contributed by atoms with van der Waals surface area (Å²) in [4.78, 5) is 39.4. The van der Waals surface area contributed by atoms with Gasteiger partial charge in [0.1, 0.15) is 5.75 Å². The van der Waals surface area contributed by atoms with Gasteiger partial charge in [-0.2, -0.15) is 0 Å². The molecule has 1 saturated heterocycles. The van der Waals surface area contributed by atoms with Crippen molar-refractivity contribution in [3.8, 4) is 5.75 Å². The maximum atomic E-state index is 12.2. The molecule has 0 radical (unpaired) electrons. The van der Waals surface area contributed by atoms with Gasteiger partial charge in [-0.3, -0.25) is 14.4 Å². The summed E-state index contributed by atoms with van der Waals surface area (Å²) in [7, 11) is 0. The number of phenolic OH excluding ortho intramolecular Hbond substituents is 1. The van der Waals surface area contributed by atoms with Gasteiger partial charge in [-0.25, -0.2) is 0 Å². The Hall–Kier alpha value is -3.29. The number of para-hydroxylation sites is 2. The Morgan fingerprint density at radius 2 is 1.64 bits per heavy atom. The second kappa shape index (κ2) is 7.08. The lowest BCUT2D eigenvalue weighted by Gasteiger charge is -2.33. The van der Waals surface area contributed by atoms with Crippen LogP contribution in [0, 0.1) is 0 Å². The van der Waals surface area contributed by atoms with Crippen LogP contribution in [-0.2, 0) is 9.59 Å². The summed E-state index contributed by atoms with van der Waals surface area (Å²) in [6.45, 7) is 1.13. The van der Waals surface area contributed by atoms with Gasteiger partial charge >= 0.3 is 11.8 Å². The molecule has 0 saturated carbocycles. The number of nitrogens with one attached hydrogen (secondary N) is 1. The molecule has 8 heteroatoms. The molecule has 0 atom stereocenters. The molecule has 0 spiro atoms. The van der Waals surface area contributed by atoms with E-state index in [1.54, 1.807) is 29.2 Å². The number of anilines is 1. The monoisotopic (exact) mass is 343 g/mol. The Morgan fingerprint density at radius 1 is 0.960 bits per heavy atom. The molecule has 1 fully saturated rings. The second-order valence-corrected chi connectivity index (χ2v) is 5.53. The highest BCUT2D eigenvalue weighted by Crippen LogP contribution is 2.21. The van der Waals surface area contributed by atoms with Gasteiger partial charge in [-0.15, -0.1) is 0 Å². The summed E-state index contributed by atoms with van der Waals surface area (Å²) >= 11 is 0. The molecule has 3 amide bonds. The third kappa shape index (κ3) is 3.63. The van der Waals surface area contributed by atoms with Gasteiger partial charge in [0.15, 0.2) is 5.76 Å². The van der Waals surface area contributed by atoms with Crippen LogP contribution in [0.3, 0.4) is 0 Å². The molecular weight excluding hydrogens is 326 g/mol. The fourth-order valence-electron chi connectivity index (χ4n) is 2.57. The number of aromatic hydroxyl groups is 1. The van der Waals surface area contributed by atoms with Gasteiger partial charge in [0.05, 0.1) is 12.0 Å². The third-order valence-corrected chi connectivity index (χ3v) is 3.93. The topological polar surface area (TPSA) is 103 Å². The van der Waals surface area contributed by atoms with Gasteiger partial charge in [0.25, 0.3) is 5.91 Å². The van der Waals surface area contributed by atoms with Crippen molar-refractivity contribution in [3.05, 3.63) is 48.4 Å². The molecule has 2 aromatic rings. The van der Waals surface area contributed by atoms with Crippen molar-refractivity contribution in [2.24, 2.45) is 0 Å². The number of carbonyl (C=O) groups is 3. The number of carbonyl (C=O) groups excluding carboxylic acids is 3. The van der Waals surface area contributed by atoms with E-state index in [-0.39, 0.29) is 36.2 Å². The standard InChI is InChI=1S/C17H17N3O5/c21-13-5-2-1-4-12(13)18-15(22)17(24)20-9-7-19(8-10-20)16(23)14-6-3-11-25-14/h1-6,11,21H,7-10H2,(H,18,22). The smallest absolute Gasteiger partial charge is 0.314 e. The molecule has 3 rings (SSSR count). The van der Waals surface area contributed by atoms with E-state index < -0.39 is 11.8 Å². The predicted molar refractivity (Wildman–Crippen MR) is 87.9 cm³/mol. The zero-order valence-electron chi connectivity index (χ0n) is 13.3. The summed E-state index contributed by atoms with van der Waals surface area (Å²) in [5, 5.41) is 12.0. The van der Waals surface area contributed by atoms with Crippen LogP contribution in [0.15, 0.2) is 47.1 Å². The lowest BCUT2D eigenvalue weighted by Crippen LogP contribution is -2.52. The second-order valence-electron chi connectivity index (χ2n) is 5.53. The maximum Gasteiger partial charge on any atom is 0.314 e. The Bertz CT molecular complexity index is 779. The molecule has 1 aromatic heterocycles. The first-order chi connectivity index (χ1) is 12.1. The van der Waals surface area contributed by atoms with Crippen LogP contribution >= 0.6 is 0 Å². The highest BCUT2D eigenvalue weighted by molar-refractivity contribution is 6.39. The highest BCUT2D eigenvalue weighted by Gasteiger charge is 2.29. The summed E-state index contributed by atoms with van der Waals surface area (Å²) in [6, 6.07) is 9.39. The highest BCUT2D eigenvalue weighted by atomic mass is 16.3. The quantitative estimate of drug-likeness (QED) is 0.623. The fraction of sp³-hybridized carbons (Fsp3) is 0.235. The Labute approximate surface area is 143 Å². The largest absolute Gasteiger partial charge is 0.506 e. The number of benzene rings is 1. The van der Waals surface area contributed by atoms with Crippen molar-refractivity contribution < 1.29 is 23.9 Å². The predicted octanol–water partition coefficient (Wildman–Crippen LogP) is 0.908. The fourth-order valence-corrected chi connectivity index (χ4v) is 2.57. The van der Waals surface area contributed by atoms with Crippen molar-refractivity contribution in [2.75, 3.05) is 31.5 Å². The Kier molecular flexibility index (Phi) is 4.69. The molecule has 8 nitrogen and oxygen atoms in total. The summed E-state index contributed by atoms with van der Waals surface area (Å²) in [6.07, 6.45) is 1.43. The molecular formula is C17H17N3O5. The van der Waals surface area contributed by atoms with Gasteiger partial charge < -0.3 is 24.6 Å². The first-order valence-corrected chi connectivity index (χ1v) is 7.77. The molecule has 1 aromatic carbocycles. The minimum atomic E-state index is -0.827. The zero-order chi connectivity index (χ0) is 17.8. The van der Waals surface area contributed by atoms with E-state index in [0.717, 1.165) is 0 Å². The number of nitrogens with zero attached hydrogens (tertiary/aromatic N) is 2. The van der Waals surface area contributed by atoms with Gasteiger partial charge in [0.2, 0.25) is 0 Å². The van der Waals surface area contributed by atoms with E-state index in [9.17, 15) is 19.5 Å².